The molecular weight excluding hydrogens is 434 g/mol. The maximum Gasteiger partial charge on any atom is 0.412 e. The molecular formula is C23H27NO7S. The highest BCUT2D eigenvalue weighted by molar-refractivity contribution is 7.81. The number of aliphatic hydroxyl groups is 1. The van der Waals surface area contributed by atoms with Crippen LogP contribution in [0.3, 0.4) is 0 Å². The number of hydrogen-bond donors (Lipinski definition) is 3. The SMILES string of the molecule is CC(=O)c1ccc(NC(=O)O[C@H](CCCOC(=O)CS)c2ccccc2OCCO)cc1. The van der Waals surface area contributed by atoms with Crippen LogP contribution in [0.15, 0.2) is 48.5 Å². The molecule has 0 aliphatic carbocycles. The summed E-state index contributed by atoms with van der Waals surface area (Å²) in [6, 6.07) is 13.5. The van der Waals surface area contributed by atoms with Crippen LogP contribution < -0.4 is 10.1 Å². The predicted molar refractivity (Wildman–Crippen MR) is 122 cm³/mol. The number of thiol groups is 1. The molecule has 0 heterocycles. The zero-order valence-electron chi connectivity index (χ0n) is 17.8. The van der Waals surface area contributed by atoms with E-state index in [1.165, 1.54) is 6.92 Å². The summed E-state index contributed by atoms with van der Waals surface area (Å²) in [5.41, 5.74) is 1.64. The molecule has 0 spiro atoms. The fraction of sp³-hybridized carbons (Fsp3) is 0.348. The fourth-order valence-corrected chi connectivity index (χ4v) is 2.97. The molecule has 0 unspecified atom stereocenters. The molecule has 0 aliphatic rings. The minimum Gasteiger partial charge on any atom is -0.491 e. The molecule has 0 aliphatic heterocycles. The molecule has 2 aromatic carbocycles. The summed E-state index contributed by atoms with van der Waals surface area (Å²) < 4.78 is 16.3. The van der Waals surface area contributed by atoms with Gasteiger partial charge < -0.3 is 19.3 Å². The number of anilines is 1. The van der Waals surface area contributed by atoms with Crippen molar-refractivity contribution in [1.29, 1.82) is 0 Å². The fourth-order valence-electron chi connectivity index (χ4n) is 2.88. The Morgan fingerprint density at radius 3 is 2.44 bits per heavy atom. The topological polar surface area (TPSA) is 111 Å². The quantitative estimate of drug-likeness (QED) is 0.191. The molecule has 0 saturated heterocycles. The second-order valence-electron chi connectivity index (χ2n) is 6.78. The van der Waals surface area contributed by atoms with E-state index in [4.69, 9.17) is 19.3 Å². The first kappa shape index (κ1) is 25.2. The number of aliphatic hydroxyl groups excluding tert-OH is 1. The van der Waals surface area contributed by atoms with E-state index in [1.54, 1.807) is 48.5 Å². The van der Waals surface area contributed by atoms with Gasteiger partial charge in [0.15, 0.2) is 5.78 Å². The van der Waals surface area contributed by atoms with Gasteiger partial charge in [-0.2, -0.15) is 12.6 Å². The smallest absolute Gasteiger partial charge is 0.412 e. The molecule has 0 fully saturated rings. The lowest BCUT2D eigenvalue weighted by atomic mass is 10.0. The van der Waals surface area contributed by atoms with Crippen LogP contribution in [-0.4, -0.2) is 48.5 Å². The monoisotopic (exact) mass is 461 g/mol. The number of carbonyl (C=O) groups is 3. The van der Waals surface area contributed by atoms with Crippen LogP contribution in [0.2, 0.25) is 0 Å². The van der Waals surface area contributed by atoms with Crippen LogP contribution in [0.5, 0.6) is 5.75 Å². The van der Waals surface area contributed by atoms with Crippen LogP contribution in [0.1, 0.15) is 41.8 Å². The molecule has 0 bridgehead atoms. The predicted octanol–water partition coefficient (Wildman–Crippen LogP) is 3.80. The van der Waals surface area contributed by atoms with Crippen molar-refractivity contribution < 1.29 is 33.7 Å². The van der Waals surface area contributed by atoms with Gasteiger partial charge in [-0.25, -0.2) is 4.79 Å². The van der Waals surface area contributed by atoms with Crippen molar-refractivity contribution in [2.45, 2.75) is 25.9 Å². The minimum absolute atomic E-state index is 0.0113. The van der Waals surface area contributed by atoms with Gasteiger partial charge in [-0.3, -0.25) is 14.9 Å². The Morgan fingerprint density at radius 2 is 1.78 bits per heavy atom. The van der Waals surface area contributed by atoms with Crippen LogP contribution in [0.4, 0.5) is 10.5 Å². The first-order chi connectivity index (χ1) is 15.4. The summed E-state index contributed by atoms with van der Waals surface area (Å²) in [6.45, 7) is 1.56. The van der Waals surface area contributed by atoms with E-state index in [-0.39, 0.29) is 31.4 Å². The average Bonchev–Trinajstić information content (AvgIpc) is 2.80. The van der Waals surface area contributed by atoms with Gasteiger partial charge >= 0.3 is 12.1 Å². The second kappa shape index (κ2) is 13.4. The summed E-state index contributed by atoms with van der Waals surface area (Å²) in [5.74, 6) is -0.0261. The second-order valence-corrected chi connectivity index (χ2v) is 7.10. The van der Waals surface area contributed by atoms with Crippen molar-refractivity contribution in [3.8, 4) is 5.75 Å². The number of esters is 1. The van der Waals surface area contributed by atoms with Crippen molar-refractivity contribution in [3.05, 3.63) is 59.7 Å². The third-order valence-electron chi connectivity index (χ3n) is 4.40. The number of Topliss-reactive ketones (excluding diaryl/α,β-unsaturated/α-hetero) is 1. The normalized spacial score (nSPS) is 11.3. The summed E-state index contributed by atoms with van der Waals surface area (Å²) in [4.78, 5) is 35.2. The molecule has 172 valence electrons. The summed E-state index contributed by atoms with van der Waals surface area (Å²) >= 11 is 3.86. The molecule has 2 rings (SSSR count). The van der Waals surface area contributed by atoms with E-state index in [1.807, 2.05) is 0 Å². The van der Waals surface area contributed by atoms with Crippen molar-refractivity contribution in [2.75, 3.05) is 30.9 Å². The Morgan fingerprint density at radius 1 is 1.06 bits per heavy atom. The van der Waals surface area contributed by atoms with Gasteiger partial charge in [0.05, 0.1) is 19.0 Å². The Labute approximate surface area is 192 Å². The molecule has 1 atom stereocenters. The van der Waals surface area contributed by atoms with Crippen molar-refractivity contribution >= 4 is 36.2 Å². The number of ketones is 1. The first-order valence-electron chi connectivity index (χ1n) is 10.1. The van der Waals surface area contributed by atoms with Gasteiger partial charge in [0, 0.05) is 16.8 Å². The minimum atomic E-state index is -0.685. The van der Waals surface area contributed by atoms with Gasteiger partial charge in [0.1, 0.15) is 18.5 Å². The third kappa shape index (κ3) is 8.24. The summed E-state index contributed by atoms with van der Waals surface area (Å²) in [5, 5.41) is 11.7. The molecule has 2 aromatic rings. The largest absolute Gasteiger partial charge is 0.491 e. The lowest BCUT2D eigenvalue weighted by Crippen LogP contribution is -2.19. The number of rotatable bonds is 12. The van der Waals surface area contributed by atoms with Crippen LogP contribution in [-0.2, 0) is 14.3 Å². The van der Waals surface area contributed by atoms with E-state index in [9.17, 15) is 14.4 Å². The Bertz CT molecular complexity index is 901. The standard InChI is InChI=1S/C23H27NO7S/c1-16(26)17-8-10-18(11-9-17)24-23(28)31-21(7-4-13-30-22(27)15-32)19-5-2-3-6-20(19)29-14-12-25/h2-3,5-6,8-11,21,25,32H,4,7,12-15H2,1H3,(H,24,28)/t21-/m1/s1. The maximum absolute atomic E-state index is 12.6. The first-order valence-corrected chi connectivity index (χ1v) is 10.8. The zero-order valence-corrected chi connectivity index (χ0v) is 18.7. The maximum atomic E-state index is 12.6. The number of ether oxygens (including phenoxy) is 3. The van der Waals surface area contributed by atoms with E-state index in [0.717, 1.165) is 0 Å². The number of para-hydroxylation sites is 1. The van der Waals surface area contributed by atoms with Gasteiger partial charge in [-0.15, -0.1) is 0 Å². The lowest BCUT2D eigenvalue weighted by Gasteiger charge is -2.21. The summed E-state index contributed by atoms with van der Waals surface area (Å²) in [6.07, 6.45) is -0.555. The zero-order chi connectivity index (χ0) is 23.3. The van der Waals surface area contributed by atoms with E-state index in [0.29, 0.717) is 35.4 Å². The highest BCUT2D eigenvalue weighted by Crippen LogP contribution is 2.31. The van der Waals surface area contributed by atoms with Gasteiger partial charge in [-0.1, -0.05) is 18.2 Å². The van der Waals surface area contributed by atoms with Crippen molar-refractivity contribution in [2.24, 2.45) is 0 Å². The number of benzene rings is 2. The number of hydrogen-bond acceptors (Lipinski definition) is 8. The Balaban J connectivity index is 2.10. The van der Waals surface area contributed by atoms with E-state index >= 15 is 0 Å². The molecule has 0 aromatic heterocycles. The lowest BCUT2D eigenvalue weighted by molar-refractivity contribution is -0.140. The molecule has 2 N–H and O–H groups in total. The van der Waals surface area contributed by atoms with Crippen molar-refractivity contribution in [3.63, 3.8) is 0 Å². The van der Waals surface area contributed by atoms with Crippen molar-refractivity contribution in [1.82, 2.24) is 0 Å². The third-order valence-corrected chi connectivity index (χ3v) is 4.66. The number of nitrogens with one attached hydrogen (secondary N) is 1. The highest BCUT2D eigenvalue weighted by atomic mass is 32.1. The molecule has 0 radical (unpaired) electrons. The number of amides is 1. The van der Waals surface area contributed by atoms with E-state index in [2.05, 4.69) is 17.9 Å². The molecule has 8 nitrogen and oxygen atoms in total. The highest BCUT2D eigenvalue weighted by Gasteiger charge is 2.21. The summed E-state index contributed by atoms with van der Waals surface area (Å²) in [7, 11) is 0. The molecule has 1 amide bonds. The van der Waals surface area contributed by atoms with Gasteiger partial charge in [-0.05, 0) is 50.1 Å². The Kier molecular flexibility index (Phi) is 10.6. The molecule has 32 heavy (non-hydrogen) atoms. The van der Waals surface area contributed by atoms with Crippen LogP contribution in [0, 0.1) is 0 Å². The Hall–Kier alpha value is -3.04. The average molecular weight is 462 g/mol. The van der Waals surface area contributed by atoms with E-state index < -0.39 is 18.2 Å². The van der Waals surface area contributed by atoms with Gasteiger partial charge in [0.2, 0.25) is 0 Å². The molecule has 0 saturated carbocycles. The molecule has 9 heteroatoms. The van der Waals surface area contributed by atoms with Crippen LogP contribution in [0.25, 0.3) is 0 Å². The van der Waals surface area contributed by atoms with Gasteiger partial charge in [0.25, 0.3) is 0 Å². The number of carbonyl (C=O) groups excluding carboxylic acids is 3. The van der Waals surface area contributed by atoms with Crippen LogP contribution >= 0.6 is 12.6 Å².